The van der Waals surface area contributed by atoms with Gasteiger partial charge in [-0.2, -0.15) is 0 Å². The first-order valence-corrected chi connectivity index (χ1v) is 7.27. The van der Waals surface area contributed by atoms with Crippen molar-refractivity contribution >= 4 is 0 Å². The van der Waals surface area contributed by atoms with Crippen LogP contribution in [-0.2, 0) is 4.74 Å². The van der Waals surface area contributed by atoms with Crippen molar-refractivity contribution in [3.05, 3.63) is 0 Å². The number of rotatable bonds is 10. The fourth-order valence-electron chi connectivity index (χ4n) is 1.96. The Bertz CT molecular complexity index is 163. The Morgan fingerprint density at radius 3 is 2.06 bits per heavy atom. The zero-order chi connectivity index (χ0) is 13.1. The molecule has 0 aromatic carbocycles. The summed E-state index contributed by atoms with van der Waals surface area (Å²) in [5.41, 5.74) is 0.252. The average Bonchev–Trinajstić information content (AvgIpc) is 2.25. The van der Waals surface area contributed by atoms with Gasteiger partial charge in [0.15, 0.2) is 0 Å². The summed E-state index contributed by atoms with van der Waals surface area (Å²) in [6.07, 6.45) is 9.41. The molecule has 0 amide bonds. The van der Waals surface area contributed by atoms with E-state index in [1.165, 1.54) is 44.9 Å². The maximum atomic E-state index is 5.52. The largest absolute Gasteiger partial charge is 0.381 e. The lowest BCUT2D eigenvalue weighted by molar-refractivity contribution is 0.0834. The van der Waals surface area contributed by atoms with E-state index in [9.17, 15) is 0 Å². The van der Waals surface area contributed by atoms with Crippen molar-refractivity contribution in [2.24, 2.45) is 0 Å². The van der Waals surface area contributed by atoms with E-state index in [0.717, 1.165) is 6.54 Å². The summed E-state index contributed by atoms with van der Waals surface area (Å²) < 4.78 is 5.52. The van der Waals surface area contributed by atoms with Crippen molar-refractivity contribution in [3.63, 3.8) is 0 Å². The molecule has 0 aliphatic rings. The van der Waals surface area contributed by atoms with E-state index >= 15 is 0 Å². The molecule has 0 aromatic heterocycles. The van der Waals surface area contributed by atoms with Gasteiger partial charge >= 0.3 is 0 Å². The molecule has 2 heteroatoms. The van der Waals surface area contributed by atoms with Gasteiger partial charge in [-0.3, -0.25) is 0 Å². The van der Waals surface area contributed by atoms with Crippen LogP contribution in [0.5, 0.6) is 0 Å². The van der Waals surface area contributed by atoms with E-state index < -0.39 is 0 Å². The number of nitrogens with one attached hydrogen (secondary N) is 1. The molecule has 0 saturated carbocycles. The second kappa shape index (κ2) is 9.90. The maximum Gasteiger partial charge on any atom is 0.0571 e. The standard InChI is InChI=1S/C15H33NO/c1-6-7-8-11-14(17-5)12-9-10-13-16-15(2,3)4/h14,16H,6-13H2,1-5H3/t14-/m1/s1. The molecule has 1 N–H and O–H groups in total. The SMILES string of the molecule is CCCCC[C@H](CCCCNC(C)(C)C)OC. The van der Waals surface area contributed by atoms with Crippen molar-refractivity contribution in [2.45, 2.75) is 84.3 Å². The van der Waals surface area contributed by atoms with Gasteiger partial charge < -0.3 is 10.1 Å². The highest BCUT2D eigenvalue weighted by atomic mass is 16.5. The Morgan fingerprint density at radius 1 is 1.00 bits per heavy atom. The minimum absolute atomic E-state index is 0.252. The fourth-order valence-corrected chi connectivity index (χ4v) is 1.96. The minimum Gasteiger partial charge on any atom is -0.381 e. The Morgan fingerprint density at radius 2 is 1.59 bits per heavy atom. The number of hydrogen-bond donors (Lipinski definition) is 1. The molecule has 1 atom stereocenters. The number of unbranched alkanes of at least 4 members (excludes halogenated alkanes) is 3. The third kappa shape index (κ3) is 12.2. The Balaban J connectivity index is 3.43. The van der Waals surface area contributed by atoms with Gasteiger partial charge in [0.2, 0.25) is 0 Å². The van der Waals surface area contributed by atoms with E-state index in [-0.39, 0.29) is 5.54 Å². The van der Waals surface area contributed by atoms with Crippen LogP contribution in [0.15, 0.2) is 0 Å². The van der Waals surface area contributed by atoms with E-state index in [0.29, 0.717) is 6.10 Å². The van der Waals surface area contributed by atoms with E-state index in [1.807, 2.05) is 7.11 Å². The van der Waals surface area contributed by atoms with E-state index in [1.54, 1.807) is 0 Å². The van der Waals surface area contributed by atoms with Crippen LogP contribution in [0.3, 0.4) is 0 Å². The van der Waals surface area contributed by atoms with Crippen LogP contribution in [0.25, 0.3) is 0 Å². The molecule has 0 radical (unpaired) electrons. The first kappa shape index (κ1) is 16.9. The van der Waals surface area contributed by atoms with Crippen LogP contribution < -0.4 is 5.32 Å². The monoisotopic (exact) mass is 243 g/mol. The summed E-state index contributed by atoms with van der Waals surface area (Å²) in [5, 5.41) is 3.53. The van der Waals surface area contributed by atoms with Crippen LogP contribution in [-0.4, -0.2) is 25.3 Å². The summed E-state index contributed by atoms with van der Waals surface area (Å²) in [4.78, 5) is 0. The molecule has 0 saturated heterocycles. The summed E-state index contributed by atoms with van der Waals surface area (Å²) in [6.45, 7) is 10.0. The van der Waals surface area contributed by atoms with Crippen molar-refractivity contribution in [3.8, 4) is 0 Å². The fraction of sp³-hybridized carbons (Fsp3) is 1.00. The quantitative estimate of drug-likeness (QED) is 0.582. The predicted molar refractivity (Wildman–Crippen MR) is 76.5 cm³/mol. The van der Waals surface area contributed by atoms with Gasteiger partial charge in [-0.1, -0.05) is 26.2 Å². The van der Waals surface area contributed by atoms with Crippen LogP contribution in [0, 0.1) is 0 Å². The molecule has 0 bridgehead atoms. The third-order valence-corrected chi connectivity index (χ3v) is 3.07. The average molecular weight is 243 g/mol. The van der Waals surface area contributed by atoms with Crippen LogP contribution in [0.4, 0.5) is 0 Å². The van der Waals surface area contributed by atoms with Gasteiger partial charge in [0.25, 0.3) is 0 Å². The summed E-state index contributed by atoms with van der Waals surface area (Å²) in [5.74, 6) is 0. The lowest BCUT2D eigenvalue weighted by atomic mass is 10.0. The lowest BCUT2D eigenvalue weighted by Gasteiger charge is -2.21. The molecule has 0 fully saturated rings. The molecule has 0 aliphatic carbocycles. The van der Waals surface area contributed by atoms with Crippen LogP contribution in [0.2, 0.25) is 0 Å². The smallest absolute Gasteiger partial charge is 0.0571 e. The third-order valence-electron chi connectivity index (χ3n) is 3.07. The second-order valence-corrected chi connectivity index (χ2v) is 6.03. The van der Waals surface area contributed by atoms with E-state index in [2.05, 4.69) is 33.0 Å². The van der Waals surface area contributed by atoms with Gasteiger partial charge in [0, 0.05) is 12.6 Å². The first-order valence-electron chi connectivity index (χ1n) is 7.27. The van der Waals surface area contributed by atoms with Gasteiger partial charge in [0.05, 0.1) is 6.10 Å². The van der Waals surface area contributed by atoms with Crippen molar-refractivity contribution < 1.29 is 4.74 Å². The number of hydrogen-bond acceptors (Lipinski definition) is 2. The topological polar surface area (TPSA) is 21.3 Å². The van der Waals surface area contributed by atoms with Gasteiger partial charge in [-0.05, 0) is 53.0 Å². The molecule has 0 spiro atoms. The lowest BCUT2D eigenvalue weighted by Crippen LogP contribution is -2.36. The summed E-state index contributed by atoms with van der Waals surface area (Å²) in [6, 6.07) is 0. The van der Waals surface area contributed by atoms with Crippen LogP contribution >= 0.6 is 0 Å². The van der Waals surface area contributed by atoms with Gasteiger partial charge in [-0.15, -0.1) is 0 Å². The normalized spacial score (nSPS) is 13.9. The molecule has 2 nitrogen and oxygen atoms in total. The summed E-state index contributed by atoms with van der Waals surface area (Å²) >= 11 is 0. The van der Waals surface area contributed by atoms with Crippen molar-refractivity contribution in [1.29, 1.82) is 0 Å². The molecular formula is C15H33NO. The molecule has 0 rings (SSSR count). The summed E-state index contributed by atoms with van der Waals surface area (Å²) in [7, 11) is 1.85. The zero-order valence-electron chi connectivity index (χ0n) is 12.6. The predicted octanol–water partition coefficient (Wildman–Crippen LogP) is 4.14. The Labute approximate surface area is 109 Å². The zero-order valence-corrected chi connectivity index (χ0v) is 12.6. The molecule has 0 aromatic rings. The van der Waals surface area contributed by atoms with E-state index in [4.69, 9.17) is 4.74 Å². The molecule has 0 aliphatic heterocycles. The van der Waals surface area contributed by atoms with Crippen molar-refractivity contribution in [1.82, 2.24) is 5.32 Å². The first-order chi connectivity index (χ1) is 7.99. The molecule has 104 valence electrons. The highest BCUT2D eigenvalue weighted by Gasteiger charge is 2.09. The van der Waals surface area contributed by atoms with Gasteiger partial charge in [0.1, 0.15) is 0 Å². The molecule has 17 heavy (non-hydrogen) atoms. The Hall–Kier alpha value is -0.0800. The molecular weight excluding hydrogens is 210 g/mol. The Kier molecular flexibility index (Phi) is 9.85. The van der Waals surface area contributed by atoms with Crippen molar-refractivity contribution in [2.75, 3.05) is 13.7 Å². The highest BCUT2D eigenvalue weighted by molar-refractivity contribution is 4.70. The second-order valence-electron chi connectivity index (χ2n) is 6.03. The minimum atomic E-state index is 0.252. The maximum absolute atomic E-state index is 5.52. The van der Waals surface area contributed by atoms with Crippen LogP contribution in [0.1, 0.15) is 72.6 Å². The molecule has 0 heterocycles. The highest BCUT2D eigenvalue weighted by Crippen LogP contribution is 2.12. The molecule has 0 unspecified atom stereocenters. The van der Waals surface area contributed by atoms with Gasteiger partial charge in [-0.25, -0.2) is 0 Å². The number of methoxy groups -OCH3 is 1. The number of ether oxygens (including phenoxy) is 1.